The number of aromatic nitrogens is 2. The quantitative estimate of drug-likeness (QED) is 0.802. The number of H-pyrrole nitrogens is 1. The first-order chi connectivity index (χ1) is 10.3. The third-order valence-corrected chi connectivity index (χ3v) is 4.07. The number of likely N-dealkylation sites (tertiary alicyclic amines) is 1. The van der Waals surface area contributed by atoms with Crippen LogP contribution < -0.4 is 5.32 Å². The van der Waals surface area contributed by atoms with Gasteiger partial charge in [0.1, 0.15) is 11.5 Å². The molecule has 1 aliphatic rings. The van der Waals surface area contributed by atoms with Gasteiger partial charge in [-0.1, -0.05) is 6.42 Å². The van der Waals surface area contributed by atoms with Gasteiger partial charge in [-0.15, -0.1) is 0 Å². The summed E-state index contributed by atoms with van der Waals surface area (Å²) in [6.45, 7) is 7.43. The van der Waals surface area contributed by atoms with Crippen molar-refractivity contribution in [3.8, 4) is 11.5 Å². The lowest BCUT2D eigenvalue weighted by atomic mass is 10.1. The van der Waals surface area contributed by atoms with Gasteiger partial charge in [0.15, 0.2) is 5.76 Å². The molecule has 5 heteroatoms. The lowest BCUT2D eigenvalue weighted by Crippen LogP contribution is -2.35. The molecule has 0 amide bonds. The number of aromatic amines is 1. The fourth-order valence-electron chi connectivity index (χ4n) is 2.87. The summed E-state index contributed by atoms with van der Waals surface area (Å²) in [7, 11) is 0. The van der Waals surface area contributed by atoms with E-state index in [0.29, 0.717) is 0 Å². The van der Waals surface area contributed by atoms with E-state index in [0.717, 1.165) is 42.4 Å². The summed E-state index contributed by atoms with van der Waals surface area (Å²) in [5.74, 6) is 1.78. The highest BCUT2D eigenvalue weighted by molar-refractivity contribution is 5.56. The highest BCUT2D eigenvalue weighted by atomic mass is 16.3. The van der Waals surface area contributed by atoms with Crippen LogP contribution in [0.25, 0.3) is 11.5 Å². The van der Waals surface area contributed by atoms with Crippen molar-refractivity contribution in [2.75, 3.05) is 26.2 Å². The van der Waals surface area contributed by atoms with Crippen LogP contribution in [-0.2, 0) is 6.54 Å². The van der Waals surface area contributed by atoms with Gasteiger partial charge in [0.2, 0.25) is 0 Å². The first-order valence-corrected chi connectivity index (χ1v) is 7.85. The molecule has 1 saturated heterocycles. The van der Waals surface area contributed by atoms with Crippen LogP contribution in [0.4, 0.5) is 0 Å². The fraction of sp³-hybridized carbons (Fsp3) is 0.562. The van der Waals surface area contributed by atoms with E-state index in [-0.39, 0.29) is 0 Å². The van der Waals surface area contributed by atoms with Crippen LogP contribution >= 0.6 is 0 Å². The second-order valence-electron chi connectivity index (χ2n) is 5.76. The molecular formula is C16H24N4O. The van der Waals surface area contributed by atoms with Crippen LogP contribution in [0.2, 0.25) is 0 Å². The number of hydrogen-bond acceptors (Lipinski definition) is 4. The summed E-state index contributed by atoms with van der Waals surface area (Å²) in [4.78, 5) is 2.54. The standard InChI is InChI=1S/C16H24N4O/c1-13-5-6-15(21-13)16-14(12-18-19-16)11-17-7-10-20-8-3-2-4-9-20/h5-6,12,17H,2-4,7-11H2,1H3,(H,18,19). The molecule has 2 aromatic heterocycles. The minimum atomic E-state index is 0.819. The lowest BCUT2D eigenvalue weighted by molar-refractivity contribution is 0.229. The van der Waals surface area contributed by atoms with Crippen LogP contribution in [0.5, 0.6) is 0 Å². The topological polar surface area (TPSA) is 57.1 Å². The van der Waals surface area contributed by atoms with Crippen molar-refractivity contribution < 1.29 is 4.42 Å². The number of aryl methyl sites for hydroxylation is 1. The summed E-state index contributed by atoms with van der Waals surface area (Å²) in [6, 6.07) is 3.96. The average molecular weight is 288 g/mol. The van der Waals surface area contributed by atoms with E-state index >= 15 is 0 Å². The molecule has 114 valence electrons. The minimum absolute atomic E-state index is 0.819. The number of nitrogens with zero attached hydrogens (tertiary/aromatic N) is 2. The van der Waals surface area contributed by atoms with E-state index in [1.54, 1.807) is 0 Å². The van der Waals surface area contributed by atoms with E-state index in [1.807, 2.05) is 25.3 Å². The Bertz CT molecular complexity index is 554. The molecule has 0 aliphatic carbocycles. The van der Waals surface area contributed by atoms with Crippen LogP contribution in [0.3, 0.4) is 0 Å². The Morgan fingerprint density at radius 3 is 2.90 bits per heavy atom. The summed E-state index contributed by atoms with van der Waals surface area (Å²) in [6.07, 6.45) is 5.97. The molecule has 3 rings (SSSR count). The van der Waals surface area contributed by atoms with Gasteiger partial charge in [-0.05, 0) is 45.0 Å². The fourth-order valence-corrected chi connectivity index (χ4v) is 2.87. The normalized spacial score (nSPS) is 16.4. The van der Waals surface area contributed by atoms with E-state index in [9.17, 15) is 0 Å². The first kappa shape index (κ1) is 14.4. The molecule has 0 saturated carbocycles. The predicted molar refractivity (Wildman–Crippen MR) is 83.0 cm³/mol. The molecule has 1 fully saturated rings. The van der Waals surface area contributed by atoms with Crippen molar-refractivity contribution in [2.24, 2.45) is 0 Å². The summed E-state index contributed by atoms with van der Waals surface area (Å²) >= 11 is 0. The summed E-state index contributed by atoms with van der Waals surface area (Å²) in [5, 5.41) is 10.7. The second-order valence-corrected chi connectivity index (χ2v) is 5.76. The Morgan fingerprint density at radius 1 is 1.29 bits per heavy atom. The number of piperidine rings is 1. The molecule has 0 spiro atoms. The Labute approximate surface area is 125 Å². The zero-order valence-corrected chi connectivity index (χ0v) is 12.7. The first-order valence-electron chi connectivity index (χ1n) is 7.85. The molecule has 5 nitrogen and oxygen atoms in total. The van der Waals surface area contributed by atoms with Gasteiger partial charge in [0.05, 0.1) is 6.20 Å². The molecule has 0 radical (unpaired) electrons. The lowest BCUT2D eigenvalue weighted by Gasteiger charge is -2.26. The molecule has 3 heterocycles. The van der Waals surface area contributed by atoms with Crippen molar-refractivity contribution in [3.05, 3.63) is 29.7 Å². The van der Waals surface area contributed by atoms with Gasteiger partial charge in [0.25, 0.3) is 0 Å². The SMILES string of the molecule is Cc1ccc(-c2[nH]ncc2CNCCN2CCCCC2)o1. The average Bonchev–Trinajstić information content (AvgIpc) is 3.13. The highest BCUT2D eigenvalue weighted by Gasteiger charge is 2.12. The zero-order valence-electron chi connectivity index (χ0n) is 12.7. The van der Waals surface area contributed by atoms with E-state index in [1.165, 1.54) is 32.4 Å². The maximum Gasteiger partial charge on any atom is 0.152 e. The van der Waals surface area contributed by atoms with Gasteiger partial charge in [-0.3, -0.25) is 5.10 Å². The molecule has 0 bridgehead atoms. The maximum absolute atomic E-state index is 5.66. The summed E-state index contributed by atoms with van der Waals surface area (Å²) < 4.78 is 5.66. The number of furan rings is 1. The van der Waals surface area contributed by atoms with Gasteiger partial charge in [-0.2, -0.15) is 5.10 Å². The summed E-state index contributed by atoms with van der Waals surface area (Å²) in [5.41, 5.74) is 2.14. The van der Waals surface area contributed by atoms with Gasteiger partial charge in [0, 0.05) is 25.2 Å². The smallest absolute Gasteiger partial charge is 0.152 e. The Hall–Kier alpha value is -1.59. The van der Waals surface area contributed by atoms with Gasteiger partial charge in [-0.25, -0.2) is 0 Å². The number of nitrogens with one attached hydrogen (secondary N) is 2. The Kier molecular flexibility index (Phi) is 4.72. The number of rotatable bonds is 6. The molecule has 1 aliphatic heterocycles. The predicted octanol–water partition coefficient (Wildman–Crippen LogP) is 2.55. The van der Waals surface area contributed by atoms with E-state index < -0.39 is 0 Å². The van der Waals surface area contributed by atoms with Gasteiger partial charge >= 0.3 is 0 Å². The monoisotopic (exact) mass is 288 g/mol. The third-order valence-electron chi connectivity index (χ3n) is 4.07. The van der Waals surface area contributed by atoms with Crippen LogP contribution in [0.15, 0.2) is 22.7 Å². The Balaban J connectivity index is 1.48. The molecule has 21 heavy (non-hydrogen) atoms. The van der Waals surface area contributed by atoms with Crippen molar-refractivity contribution in [1.29, 1.82) is 0 Å². The van der Waals surface area contributed by atoms with Crippen molar-refractivity contribution in [1.82, 2.24) is 20.4 Å². The van der Waals surface area contributed by atoms with Crippen LogP contribution in [0, 0.1) is 6.92 Å². The minimum Gasteiger partial charge on any atom is -0.460 e. The van der Waals surface area contributed by atoms with E-state index in [2.05, 4.69) is 20.4 Å². The van der Waals surface area contributed by atoms with Crippen LogP contribution in [-0.4, -0.2) is 41.3 Å². The Morgan fingerprint density at radius 2 is 2.14 bits per heavy atom. The largest absolute Gasteiger partial charge is 0.460 e. The maximum atomic E-state index is 5.66. The van der Waals surface area contributed by atoms with Crippen molar-refractivity contribution >= 4 is 0 Å². The molecule has 2 aromatic rings. The molecular weight excluding hydrogens is 264 g/mol. The van der Waals surface area contributed by atoms with Crippen molar-refractivity contribution in [3.63, 3.8) is 0 Å². The van der Waals surface area contributed by atoms with E-state index in [4.69, 9.17) is 4.42 Å². The third kappa shape index (κ3) is 3.74. The molecule has 2 N–H and O–H groups in total. The second kappa shape index (κ2) is 6.91. The number of hydrogen-bond donors (Lipinski definition) is 2. The molecule has 0 atom stereocenters. The highest BCUT2D eigenvalue weighted by Crippen LogP contribution is 2.23. The van der Waals surface area contributed by atoms with Crippen LogP contribution in [0.1, 0.15) is 30.6 Å². The van der Waals surface area contributed by atoms with Crippen molar-refractivity contribution in [2.45, 2.75) is 32.7 Å². The molecule has 0 unspecified atom stereocenters. The zero-order chi connectivity index (χ0) is 14.5. The van der Waals surface area contributed by atoms with Gasteiger partial charge < -0.3 is 14.6 Å². The molecule has 0 aromatic carbocycles.